The van der Waals surface area contributed by atoms with Crippen molar-refractivity contribution in [2.45, 2.75) is 13.8 Å². The molecule has 2 aliphatic rings. The van der Waals surface area contributed by atoms with Gasteiger partial charge >= 0.3 is 59.1 Å². The van der Waals surface area contributed by atoms with E-state index < -0.39 is 23.8 Å². The second-order valence-electron chi connectivity index (χ2n) is 8.74. The zero-order chi connectivity index (χ0) is 29.5. The Morgan fingerprint density at radius 1 is 0.738 bits per heavy atom. The van der Waals surface area contributed by atoms with Crippen molar-refractivity contribution in [3.05, 3.63) is 71.3 Å². The molecular formula is C29H35ClN4Na2O6. The largest absolute Gasteiger partial charge is 1.00 e. The van der Waals surface area contributed by atoms with Crippen molar-refractivity contribution >= 4 is 47.1 Å². The fourth-order valence-corrected chi connectivity index (χ4v) is 4.32. The molecule has 0 unspecified atom stereocenters. The van der Waals surface area contributed by atoms with E-state index in [1.807, 2.05) is 62.4 Å². The molecule has 0 radical (unpaired) electrons. The van der Waals surface area contributed by atoms with Gasteiger partial charge in [-0.05, 0) is 23.8 Å². The average Bonchev–Trinajstić information content (AvgIpc) is 2.98. The van der Waals surface area contributed by atoms with Gasteiger partial charge in [-0.15, -0.1) is 0 Å². The van der Waals surface area contributed by atoms with Crippen LogP contribution in [0.5, 0.6) is 0 Å². The summed E-state index contributed by atoms with van der Waals surface area (Å²) < 4.78 is 0. The number of carboxylic acid groups (broad SMARTS) is 2. The van der Waals surface area contributed by atoms with E-state index in [2.05, 4.69) is 22.0 Å². The molecule has 2 amide bonds. The second-order valence-corrected chi connectivity index (χ2v) is 9.18. The maximum Gasteiger partial charge on any atom is 1.00 e. The number of rotatable bonds is 4. The van der Waals surface area contributed by atoms with E-state index in [1.54, 1.807) is 6.07 Å². The number of aliphatic carboxylic acids is 2. The van der Waals surface area contributed by atoms with Gasteiger partial charge in [0.2, 0.25) is 0 Å². The third kappa shape index (κ3) is 13.6. The minimum absolute atomic E-state index is 0. The summed E-state index contributed by atoms with van der Waals surface area (Å²) in [6, 6.07) is 17.5. The molecule has 4 rings (SSSR count). The van der Waals surface area contributed by atoms with E-state index in [9.17, 15) is 29.4 Å². The zero-order valence-electron chi connectivity index (χ0n) is 24.8. The van der Waals surface area contributed by atoms with Crippen LogP contribution < -0.4 is 74.2 Å². The van der Waals surface area contributed by atoms with Crippen LogP contribution in [0.25, 0.3) is 6.08 Å². The minimum Gasteiger partial charge on any atom is -0.540 e. The van der Waals surface area contributed by atoms with Crippen molar-refractivity contribution in [2.24, 2.45) is 0 Å². The van der Waals surface area contributed by atoms with Gasteiger partial charge in [0, 0.05) is 69.6 Å². The van der Waals surface area contributed by atoms with Crippen LogP contribution in [0.3, 0.4) is 0 Å². The molecule has 10 nitrogen and oxygen atoms in total. The first-order chi connectivity index (χ1) is 19.2. The fraction of sp³-hybridized carbons (Fsp3) is 0.379. The third-order valence-electron chi connectivity index (χ3n) is 6.22. The summed E-state index contributed by atoms with van der Waals surface area (Å²) in [5, 5.41) is 21.6. The van der Waals surface area contributed by atoms with Gasteiger partial charge in [-0.3, -0.25) is 14.5 Å². The first-order valence-electron chi connectivity index (χ1n) is 13.2. The molecule has 2 fully saturated rings. The van der Waals surface area contributed by atoms with Crippen LogP contribution in [0.2, 0.25) is 5.02 Å². The number of amides is 2. The van der Waals surface area contributed by atoms with Crippen LogP contribution in [0.1, 0.15) is 19.4 Å². The number of hydrogen-bond donors (Lipinski definition) is 0. The molecule has 13 heteroatoms. The van der Waals surface area contributed by atoms with Gasteiger partial charge < -0.3 is 34.5 Å². The van der Waals surface area contributed by atoms with Gasteiger partial charge in [-0.25, -0.2) is 0 Å². The number of piperazine rings is 2. The van der Waals surface area contributed by atoms with Crippen molar-refractivity contribution in [1.29, 1.82) is 0 Å². The molecule has 0 bridgehead atoms. The van der Waals surface area contributed by atoms with Gasteiger partial charge in [0.1, 0.15) is 11.9 Å². The number of carboxylic acids is 2. The van der Waals surface area contributed by atoms with E-state index in [4.69, 9.17) is 11.6 Å². The predicted octanol–water partition coefficient (Wildman–Crippen LogP) is -5.63. The molecule has 2 aromatic rings. The van der Waals surface area contributed by atoms with E-state index in [0.29, 0.717) is 57.4 Å². The van der Waals surface area contributed by atoms with Gasteiger partial charge in [0.25, 0.3) is 11.8 Å². The Balaban J connectivity index is 0.000000726. The summed E-state index contributed by atoms with van der Waals surface area (Å²) >= 11 is 5.91. The Kier molecular flexibility index (Phi) is 20.8. The topological polar surface area (TPSA) is 127 Å². The Bertz CT molecular complexity index is 1160. The number of carbonyl (C=O) groups excluding carboxylic acids is 4. The fourth-order valence-electron chi connectivity index (χ4n) is 4.13. The summed E-state index contributed by atoms with van der Waals surface area (Å²) in [7, 11) is 0. The smallest absolute Gasteiger partial charge is 0.540 e. The van der Waals surface area contributed by atoms with Crippen LogP contribution in [-0.4, -0.2) is 97.4 Å². The number of halogens is 1. The summed E-state index contributed by atoms with van der Waals surface area (Å²) in [6.07, 6.45) is 4.13. The Hall–Kier alpha value is -1.89. The summed E-state index contributed by atoms with van der Waals surface area (Å²) in [5.41, 5.74) is 2.13. The number of anilines is 1. The molecule has 2 aliphatic heterocycles. The molecule has 0 spiro atoms. The SMILES string of the molecule is CC.O=C([O-])C(=O)N1CCN(C/C=C/c2ccccc2)CC1.O=C([O-])C(=O)N1CCN(c2cccc(Cl)c2)CC1.[Na+].[Na+]. The van der Waals surface area contributed by atoms with Gasteiger partial charge in [-0.1, -0.05) is 74.0 Å². The molecule has 0 atom stereocenters. The third-order valence-corrected chi connectivity index (χ3v) is 6.46. The maximum atomic E-state index is 11.2. The number of hydrogen-bond acceptors (Lipinski definition) is 8. The molecule has 0 aromatic heterocycles. The molecular weight excluding hydrogens is 582 g/mol. The zero-order valence-corrected chi connectivity index (χ0v) is 29.6. The Labute approximate surface area is 296 Å². The second kappa shape index (κ2) is 21.7. The van der Waals surface area contributed by atoms with Crippen molar-refractivity contribution in [1.82, 2.24) is 14.7 Å². The summed E-state index contributed by atoms with van der Waals surface area (Å²) in [4.78, 5) is 50.3. The van der Waals surface area contributed by atoms with Crippen LogP contribution in [-0.2, 0) is 19.2 Å². The number of benzene rings is 2. The molecule has 0 N–H and O–H groups in total. The van der Waals surface area contributed by atoms with E-state index in [0.717, 1.165) is 17.8 Å². The molecule has 0 saturated carbocycles. The number of nitrogens with zero attached hydrogens (tertiary/aromatic N) is 4. The van der Waals surface area contributed by atoms with Gasteiger partial charge in [-0.2, -0.15) is 0 Å². The van der Waals surface area contributed by atoms with Crippen molar-refractivity contribution < 1.29 is 88.5 Å². The number of carbonyl (C=O) groups is 4. The van der Waals surface area contributed by atoms with Crippen LogP contribution in [0.4, 0.5) is 5.69 Å². The Morgan fingerprint density at radius 2 is 1.24 bits per heavy atom. The minimum atomic E-state index is -1.65. The average molecular weight is 617 g/mol. The molecule has 2 aromatic carbocycles. The standard InChI is InChI=1S/C15H18N2O3.C12H13ClN2O3.C2H6.2Na/c18-14(15(19)20)17-11-9-16(10-12-17)8-4-7-13-5-2-1-3-6-13;13-9-2-1-3-10(8-9)14-4-6-15(7-5-14)11(16)12(17)18;1-2;;/h1-7H,8-12H2,(H,19,20);1-3,8H,4-7H2,(H,17,18);1-2H3;;/q;;;2*+1/p-2/b7-4+;;;;. The summed E-state index contributed by atoms with van der Waals surface area (Å²) in [6.45, 7) is 8.94. The monoisotopic (exact) mass is 616 g/mol. The quantitative estimate of drug-likeness (QED) is 0.246. The first-order valence-corrected chi connectivity index (χ1v) is 13.6. The van der Waals surface area contributed by atoms with Crippen molar-refractivity contribution in [3.63, 3.8) is 0 Å². The van der Waals surface area contributed by atoms with E-state index >= 15 is 0 Å². The van der Waals surface area contributed by atoms with Crippen LogP contribution >= 0.6 is 11.6 Å². The van der Waals surface area contributed by atoms with Crippen molar-refractivity contribution in [2.75, 3.05) is 63.8 Å². The molecule has 42 heavy (non-hydrogen) atoms. The van der Waals surface area contributed by atoms with Crippen LogP contribution in [0, 0.1) is 0 Å². The van der Waals surface area contributed by atoms with E-state index in [1.165, 1.54) is 9.80 Å². The van der Waals surface area contributed by atoms with Crippen molar-refractivity contribution in [3.8, 4) is 0 Å². The summed E-state index contributed by atoms with van der Waals surface area (Å²) in [5.74, 6) is -5.13. The van der Waals surface area contributed by atoms with Crippen LogP contribution in [0.15, 0.2) is 60.7 Å². The van der Waals surface area contributed by atoms with Gasteiger partial charge in [0.05, 0.1) is 0 Å². The molecule has 216 valence electrons. The van der Waals surface area contributed by atoms with E-state index in [-0.39, 0.29) is 59.1 Å². The predicted molar refractivity (Wildman–Crippen MR) is 150 cm³/mol. The Morgan fingerprint density at radius 3 is 1.71 bits per heavy atom. The normalized spacial score (nSPS) is 14.7. The molecule has 2 saturated heterocycles. The molecule has 0 aliphatic carbocycles. The first kappa shape index (κ1) is 40.1. The van der Waals surface area contributed by atoms with Gasteiger partial charge in [0.15, 0.2) is 0 Å². The molecule has 2 heterocycles. The maximum absolute atomic E-state index is 11.2.